The van der Waals surface area contributed by atoms with Crippen LogP contribution in [0.4, 0.5) is 0 Å². The third-order valence-electron chi connectivity index (χ3n) is 3.45. The predicted octanol–water partition coefficient (Wildman–Crippen LogP) is 2.88. The zero-order valence-electron chi connectivity index (χ0n) is 11.6. The number of hydrogen-bond acceptors (Lipinski definition) is 2. The van der Waals surface area contributed by atoms with Crippen LogP contribution in [0.3, 0.4) is 0 Å². The highest BCUT2D eigenvalue weighted by molar-refractivity contribution is 5.26. The first-order chi connectivity index (χ1) is 8.05. The highest BCUT2D eigenvalue weighted by Gasteiger charge is 2.27. The van der Waals surface area contributed by atoms with E-state index in [2.05, 4.69) is 50.4 Å². The molecule has 0 saturated carbocycles. The minimum atomic E-state index is 0.0705. The van der Waals surface area contributed by atoms with Crippen molar-refractivity contribution in [2.75, 3.05) is 13.6 Å². The lowest BCUT2D eigenvalue weighted by atomic mass is 9.80. The van der Waals surface area contributed by atoms with E-state index in [1.165, 1.54) is 17.5 Å². The molecule has 0 bridgehead atoms. The van der Waals surface area contributed by atoms with Gasteiger partial charge in [0.05, 0.1) is 0 Å². The normalized spacial score (nSPS) is 13.7. The lowest BCUT2D eigenvalue weighted by Crippen LogP contribution is -2.37. The number of aryl methyl sites for hydroxylation is 1. The van der Waals surface area contributed by atoms with Crippen LogP contribution in [0.1, 0.15) is 44.4 Å². The Balaban J connectivity index is 2.89. The van der Waals surface area contributed by atoms with Gasteiger partial charge >= 0.3 is 0 Å². The monoisotopic (exact) mass is 234 g/mol. The summed E-state index contributed by atoms with van der Waals surface area (Å²) in [4.78, 5) is 0. The van der Waals surface area contributed by atoms with Crippen molar-refractivity contribution in [1.82, 2.24) is 5.32 Å². The van der Waals surface area contributed by atoms with E-state index in [0.29, 0.717) is 12.6 Å². The molecule has 0 spiro atoms. The van der Waals surface area contributed by atoms with Crippen molar-refractivity contribution in [1.29, 1.82) is 0 Å². The second kappa shape index (κ2) is 6.18. The molecule has 0 aliphatic rings. The van der Waals surface area contributed by atoms with Gasteiger partial charge in [-0.05, 0) is 36.6 Å². The Kier molecular flexibility index (Phi) is 5.16. The van der Waals surface area contributed by atoms with Gasteiger partial charge in [0.15, 0.2) is 0 Å². The highest BCUT2D eigenvalue weighted by Crippen LogP contribution is 2.32. The molecule has 0 amide bonds. The van der Waals surface area contributed by atoms with Gasteiger partial charge in [-0.1, -0.05) is 51.5 Å². The minimum Gasteiger partial charge on any atom is -0.330 e. The van der Waals surface area contributed by atoms with Crippen molar-refractivity contribution in [2.45, 2.75) is 39.7 Å². The van der Waals surface area contributed by atoms with Gasteiger partial charge in [-0.15, -0.1) is 0 Å². The Morgan fingerprint density at radius 3 is 2.24 bits per heavy atom. The van der Waals surface area contributed by atoms with Crippen LogP contribution < -0.4 is 11.1 Å². The van der Waals surface area contributed by atoms with Crippen molar-refractivity contribution in [2.24, 2.45) is 11.1 Å². The summed E-state index contributed by atoms with van der Waals surface area (Å²) in [6, 6.07) is 9.22. The van der Waals surface area contributed by atoms with Crippen molar-refractivity contribution in [3.05, 3.63) is 35.4 Å². The second-order valence-electron chi connectivity index (χ2n) is 5.41. The maximum atomic E-state index is 5.86. The summed E-state index contributed by atoms with van der Waals surface area (Å²) in [5.41, 5.74) is 8.66. The average Bonchev–Trinajstić information content (AvgIpc) is 2.32. The van der Waals surface area contributed by atoms with Crippen LogP contribution in [0.5, 0.6) is 0 Å². The Hall–Kier alpha value is -0.860. The first kappa shape index (κ1) is 14.2. The van der Waals surface area contributed by atoms with Crippen LogP contribution in [0, 0.1) is 5.41 Å². The Morgan fingerprint density at radius 2 is 1.82 bits per heavy atom. The lowest BCUT2D eigenvalue weighted by Gasteiger charge is -2.33. The molecule has 1 atom stereocenters. The van der Waals surface area contributed by atoms with Crippen molar-refractivity contribution in [3.63, 3.8) is 0 Å². The molecule has 2 heteroatoms. The minimum absolute atomic E-state index is 0.0705. The van der Waals surface area contributed by atoms with E-state index in [9.17, 15) is 0 Å². The first-order valence-corrected chi connectivity index (χ1v) is 6.51. The summed E-state index contributed by atoms with van der Waals surface area (Å²) >= 11 is 0. The number of rotatable bonds is 6. The zero-order valence-corrected chi connectivity index (χ0v) is 11.6. The van der Waals surface area contributed by atoms with Gasteiger partial charge in [0.25, 0.3) is 0 Å². The van der Waals surface area contributed by atoms with Gasteiger partial charge in [-0.2, -0.15) is 0 Å². The highest BCUT2D eigenvalue weighted by atomic mass is 14.9. The van der Waals surface area contributed by atoms with E-state index < -0.39 is 0 Å². The lowest BCUT2D eigenvalue weighted by molar-refractivity contribution is 0.265. The van der Waals surface area contributed by atoms with Gasteiger partial charge in [-0.3, -0.25) is 0 Å². The molecule has 0 aliphatic carbocycles. The molecule has 1 unspecified atom stereocenters. The van der Waals surface area contributed by atoms with Gasteiger partial charge in [-0.25, -0.2) is 0 Å². The second-order valence-corrected chi connectivity index (χ2v) is 5.41. The van der Waals surface area contributed by atoms with E-state index in [0.717, 1.165) is 6.42 Å². The predicted molar refractivity (Wildman–Crippen MR) is 75.1 cm³/mol. The van der Waals surface area contributed by atoms with Gasteiger partial charge < -0.3 is 11.1 Å². The first-order valence-electron chi connectivity index (χ1n) is 6.51. The Morgan fingerprint density at radius 1 is 1.24 bits per heavy atom. The number of benzene rings is 1. The van der Waals surface area contributed by atoms with Crippen LogP contribution in [0.15, 0.2) is 24.3 Å². The molecule has 0 saturated heterocycles. The molecule has 0 aromatic heterocycles. The van der Waals surface area contributed by atoms with Crippen molar-refractivity contribution in [3.8, 4) is 0 Å². The van der Waals surface area contributed by atoms with Gasteiger partial charge in [0.2, 0.25) is 0 Å². The molecule has 3 N–H and O–H groups in total. The summed E-state index contributed by atoms with van der Waals surface area (Å²) in [6.07, 6.45) is 2.36. The molecule has 0 fully saturated rings. The fourth-order valence-electron chi connectivity index (χ4n) is 2.29. The van der Waals surface area contributed by atoms with E-state index in [1.807, 2.05) is 7.05 Å². The van der Waals surface area contributed by atoms with E-state index >= 15 is 0 Å². The standard InChI is InChI=1S/C15H26N2/c1-5-6-12-7-9-13(10-8-12)14(17-4)15(2,3)11-16/h7-10,14,17H,5-6,11,16H2,1-4H3. The summed E-state index contributed by atoms with van der Waals surface area (Å²) < 4.78 is 0. The van der Waals surface area contributed by atoms with E-state index in [1.54, 1.807) is 0 Å². The fraction of sp³-hybridized carbons (Fsp3) is 0.600. The maximum absolute atomic E-state index is 5.86. The number of nitrogens with one attached hydrogen (secondary N) is 1. The molecule has 1 rings (SSSR count). The molecule has 1 aromatic rings. The molecule has 0 aliphatic heterocycles. The third-order valence-corrected chi connectivity index (χ3v) is 3.45. The van der Waals surface area contributed by atoms with Crippen LogP contribution in [-0.4, -0.2) is 13.6 Å². The van der Waals surface area contributed by atoms with Crippen molar-refractivity contribution < 1.29 is 0 Å². The molecular formula is C15H26N2. The van der Waals surface area contributed by atoms with Crippen LogP contribution >= 0.6 is 0 Å². The number of nitrogens with two attached hydrogens (primary N) is 1. The summed E-state index contributed by atoms with van der Waals surface area (Å²) in [5, 5.41) is 3.38. The van der Waals surface area contributed by atoms with Crippen molar-refractivity contribution >= 4 is 0 Å². The Labute approximate surface area is 106 Å². The van der Waals surface area contributed by atoms with E-state index in [4.69, 9.17) is 5.73 Å². The molecule has 96 valence electrons. The third kappa shape index (κ3) is 3.55. The van der Waals surface area contributed by atoms with E-state index in [-0.39, 0.29) is 5.41 Å². The fourth-order valence-corrected chi connectivity index (χ4v) is 2.29. The van der Waals surface area contributed by atoms with Crippen LogP contribution in [0.25, 0.3) is 0 Å². The largest absolute Gasteiger partial charge is 0.330 e. The molecule has 1 aromatic carbocycles. The summed E-state index contributed by atoms with van der Waals surface area (Å²) in [7, 11) is 2.00. The quantitative estimate of drug-likeness (QED) is 0.794. The molecule has 0 radical (unpaired) electrons. The van der Waals surface area contributed by atoms with Gasteiger partial charge in [0, 0.05) is 6.04 Å². The summed E-state index contributed by atoms with van der Waals surface area (Å²) in [6.45, 7) is 7.29. The molecule has 17 heavy (non-hydrogen) atoms. The number of hydrogen-bond donors (Lipinski definition) is 2. The topological polar surface area (TPSA) is 38.0 Å². The molecule has 2 nitrogen and oxygen atoms in total. The zero-order chi connectivity index (χ0) is 12.9. The average molecular weight is 234 g/mol. The van der Waals surface area contributed by atoms with Gasteiger partial charge in [0.1, 0.15) is 0 Å². The Bertz CT molecular complexity index is 327. The van der Waals surface area contributed by atoms with Crippen LogP contribution in [-0.2, 0) is 6.42 Å². The molecule has 0 heterocycles. The maximum Gasteiger partial charge on any atom is 0.0381 e. The smallest absolute Gasteiger partial charge is 0.0381 e. The summed E-state index contributed by atoms with van der Waals surface area (Å²) in [5.74, 6) is 0. The molecular weight excluding hydrogens is 208 g/mol. The van der Waals surface area contributed by atoms with Crippen LogP contribution in [0.2, 0.25) is 0 Å². The SMILES string of the molecule is CCCc1ccc(C(NC)C(C)(C)CN)cc1.